The Hall–Kier alpha value is -2.96. The van der Waals surface area contributed by atoms with Crippen molar-refractivity contribution in [2.45, 2.75) is 32.4 Å². The van der Waals surface area contributed by atoms with E-state index in [9.17, 15) is 4.79 Å². The Morgan fingerprint density at radius 2 is 2.08 bits per heavy atom. The van der Waals surface area contributed by atoms with E-state index in [2.05, 4.69) is 20.5 Å². The maximum absolute atomic E-state index is 12.2. The lowest BCUT2D eigenvalue weighted by atomic mass is 9.97. The molecule has 122 valence electrons. The van der Waals surface area contributed by atoms with Crippen LogP contribution in [0, 0.1) is 0 Å². The van der Waals surface area contributed by atoms with Crippen molar-refractivity contribution >= 4 is 17.4 Å². The lowest BCUT2D eigenvalue weighted by Crippen LogP contribution is -2.16. The van der Waals surface area contributed by atoms with Crippen LogP contribution in [0.3, 0.4) is 0 Å². The molecule has 4 heterocycles. The first-order chi connectivity index (χ1) is 11.5. The van der Waals surface area contributed by atoms with Crippen molar-refractivity contribution in [1.29, 1.82) is 0 Å². The third-order valence-electron chi connectivity index (χ3n) is 4.23. The molecule has 0 aliphatic carbocycles. The molecule has 0 fully saturated rings. The number of cyclic esters (lactones) is 1. The third-order valence-corrected chi connectivity index (χ3v) is 4.23. The summed E-state index contributed by atoms with van der Waals surface area (Å²) >= 11 is 0. The molecule has 4 rings (SSSR count). The molecule has 0 saturated heterocycles. The molecule has 1 atom stereocenters. The van der Waals surface area contributed by atoms with Gasteiger partial charge < -0.3 is 10.1 Å². The van der Waals surface area contributed by atoms with Crippen LogP contribution in [0.15, 0.2) is 36.7 Å². The highest BCUT2D eigenvalue weighted by atomic mass is 16.6. The third kappa shape index (κ3) is 2.12. The number of nitrogens with one attached hydrogen (secondary N) is 1. The quantitative estimate of drug-likeness (QED) is 0.746. The Bertz CT molecular complexity index is 947. The molecule has 7 nitrogen and oxygen atoms in total. The highest BCUT2D eigenvalue weighted by molar-refractivity contribution is 5.99. The van der Waals surface area contributed by atoms with E-state index >= 15 is 0 Å². The van der Waals surface area contributed by atoms with E-state index in [0.717, 1.165) is 17.0 Å². The Labute approximate surface area is 138 Å². The molecule has 0 amide bonds. The van der Waals surface area contributed by atoms with Crippen molar-refractivity contribution in [1.82, 2.24) is 19.6 Å². The van der Waals surface area contributed by atoms with Gasteiger partial charge in [0.05, 0.1) is 6.04 Å². The molecule has 0 radical (unpaired) electrons. The fourth-order valence-corrected chi connectivity index (χ4v) is 3.04. The van der Waals surface area contributed by atoms with Crippen LogP contribution in [0.4, 0.5) is 5.82 Å². The van der Waals surface area contributed by atoms with E-state index in [-0.39, 0.29) is 12.0 Å². The first kappa shape index (κ1) is 14.6. The van der Waals surface area contributed by atoms with Crippen molar-refractivity contribution in [3.8, 4) is 0 Å². The first-order valence-electron chi connectivity index (χ1n) is 7.76. The average molecular weight is 323 g/mol. The van der Waals surface area contributed by atoms with Gasteiger partial charge in [-0.3, -0.25) is 4.40 Å². The highest BCUT2D eigenvalue weighted by Crippen LogP contribution is 2.38. The van der Waals surface area contributed by atoms with Gasteiger partial charge in [-0.05, 0) is 39.0 Å². The maximum Gasteiger partial charge on any atom is 0.343 e. The number of ether oxygens (including phenoxy) is 1. The zero-order chi connectivity index (χ0) is 16.9. The van der Waals surface area contributed by atoms with Gasteiger partial charge in [0, 0.05) is 18.0 Å². The maximum atomic E-state index is 12.2. The van der Waals surface area contributed by atoms with Crippen LogP contribution in [0.25, 0.3) is 5.65 Å². The Balaban J connectivity index is 1.72. The molecule has 3 aromatic rings. The molecular formula is C17H17N5O2. The molecule has 0 saturated carbocycles. The van der Waals surface area contributed by atoms with Crippen molar-refractivity contribution in [2.75, 3.05) is 5.32 Å². The summed E-state index contributed by atoms with van der Waals surface area (Å²) in [6.07, 6.45) is 3.59. The van der Waals surface area contributed by atoms with Crippen molar-refractivity contribution in [2.24, 2.45) is 0 Å². The van der Waals surface area contributed by atoms with Gasteiger partial charge >= 0.3 is 5.97 Å². The van der Waals surface area contributed by atoms with Gasteiger partial charge in [-0.2, -0.15) is 0 Å². The van der Waals surface area contributed by atoms with Gasteiger partial charge in [-0.15, -0.1) is 10.2 Å². The van der Waals surface area contributed by atoms with Crippen LogP contribution < -0.4 is 5.32 Å². The Kier molecular flexibility index (Phi) is 3.06. The Morgan fingerprint density at radius 1 is 1.25 bits per heavy atom. The number of aromatic nitrogens is 4. The van der Waals surface area contributed by atoms with Crippen LogP contribution in [0.2, 0.25) is 0 Å². The SMILES string of the molecule is C[C@H](Nc1nccc2c1C(=O)OC2(C)C)c1nnc2ccccn12. The molecule has 0 aromatic carbocycles. The first-order valence-corrected chi connectivity index (χ1v) is 7.76. The van der Waals surface area contributed by atoms with Crippen LogP contribution in [0.1, 0.15) is 48.6 Å². The van der Waals surface area contributed by atoms with Crippen molar-refractivity contribution < 1.29 is 9.53 Å². The van der Waals surface area contributed by atoms with Crippen LogP contribution >= 0.6 is 0 Å². The lowest BCUT2D eigenvalue weighted by Gasteiger charge is -2.18. The van der Waals surface area contributed by atoms with Gasteiger partial charge in [-0.25, -0.2) is 9.78 Å². The fraction of sp³-hybridized carbons (Fsp3) is 0.294. The molecule has 3 aromatic heterocycles. The minimum Gasteiger partial charge on any atom is -0.451 e. The highest BCUT2D eigenvalue weighted by Gasteiger charge is 2.40. The second-order valence-electron chi connectivity index (χ2n) is 6.34. The minimum atomic E-state index is -0.642. The topological polar surface area (TPSA) is 81.4 Å². The summed E-state index contributed by atoms with van der Waals surface area (Å²) in [4.78, 5) is 16.6. The number of anilines is 1. The summed E-state index contributed by atoms with van der Waals surface area (Å²) in [5.41, 5.74) is 1.45. The normalized spacial score (nSPS) is 16.7. The van der Waals surface area contributed by atoms with Crippen LogP contribution in [0.5, 0.6) is 0 Å². The zero-order valence-electron chi connectivity index (χ0n) is 13.6. The molecule has 1 N–H and O–H groups in total. The summed E-state index contributed by atoms with van der Waals surface area (Å²) in [5, 5.41) is 11.7. The molecular weight excluding hydrogens is 306 g/mol. The predicted octanol–water partition coefficient (Wildman–Crippen LogP) is 2.70. The number of carbonyl (C=O) groups is 1. The monoisotopic (exact) mass is 323 g/mol. The number of rotatable bonds is 3. The van der Waals surface area contributed by atoms with Gasteiger partial charge in [0.25, 0.3) is 0 Å². The summed E-state index contributed by atoms with van der Waals surface area (Å²) in [5.74, 6) is 0.891. The van der Waals surface area contributed by atoms with E-state index in [1.54, 1.807) is 6.20 Å². The number of hydrogen-bond acceptors (Lipinski definition) is 6. The Morgan fingerprint density at radius 3 is 2.92 bits per heavy atom. The van der Waals surface area contributed by atoms with E-state index in [4.69, 9.17) is 4.74 Å². The van der Waals surface area contributed by atoms with Gasteiger partial charge in [0.2, 0.25) is 0 Å². The molecule has 0 bridgehead atoms. The summed E-state index contributed by atoms with van der Waals surface area (Å²) < 4.78 is 7.36. The standard InChI is InChI=1S/C17H17N5O2/c1-10(15-21-20-12-6-4-5-9-22(12)15)19-14-13-11(7-8-18-14)17(2,3)24-16(13)23/h4-10H,1-3H3,(H,18,19)/t10-/m0/s1. The average Bonchev–Trinajstić information content (AvgIpc) is 3.07. The van der Waals surface area contributed by atoms with Crippen molar-refractivity contribution in [3.63, 3.8) is 0 Å². The second kappa shape index (κ2) is 5.02. The van der Waals surface area contributed by atoms with E-state index in [1.165, 1.54) is 0 Å². The van der Waals surface area contributed by atoms with Gasteiger partial charge in [0.1, 0.15) is 17.0 Å². The fourth-order valence-electron chi connectivity index (χ4n) is 3.04. The van der Waals surface area contributed by atoms with E-state index < -0.39 is 5.60 Å². The number of pyridine rings is 2. The molecule has 1 aliphatic heterocycles. The van der Waals surface area contributed by atoms with Gasteiger partial charge in [-0.1, -0.05) is 6.07 Å². The molecule has 1 aliphatic rings. The molecule has 0 unspecified atom stereocenters. The number of esters is 1. The second-order valence-corrected chi connectivity index (χ2v) is 6.34. The minimum absolute atomic E-state index is 0.182. The van der Waals surface area contributed by atoms with Gasteiger partial charge in [0.15, 0.2) is 11.5 Å². The molecule has 0 spiro atoms. The summed E-state index contributed by atoms with van der Waals surface area (Å²) in [7, 11) is 0. The number of nitrogens with zero attached hydrogens (tertiary/aromatic N) is 4. The summed E-state index contributed by atoms with van der Waals surface area (Å²) in [6, 6.07) is 7.36. The predicted molar refractivity (Wildman–Crippen MR) is 87.7 cm³/mol. The van der Waals surface area contributed by atoms with E-state index in [1.807, 2.05) is 55.6 Å². The zero-order valence-corrected chi connectivity index (χ0v) is 13.6. The van der Waals surface area contributed by atoms with Crippen LogP contribution in [-0.2, 0) is 10.3 Å². The van der Waals surface area contributed by atoms with Crippen LogP contribution in [-0.4, -0.2) is 25.6 Å². The lowest BCUT2D eigenvalue weighted by molar-refractivity contribution is 0.00958. The number of hydrogen-bond donors (Lipinski definition) is 1. The van der Waals surface area contributed by atoms with Crippen molar-refractivity contribution in [3.05, 3.63) is 53.6 Å². The van der Waals surface area contributed by atoms with E-state index in [0.29, 0.717) is 11.4 Å². The number of fused-ring (bicyclic) bond motifs is 2. The smallest absolute Gasteiger partial charge is 0.343 e. The molecule has 24 heavy (non-hydrogen) atoms. The summed E-state index contributed by atoms with van der Waals surface area (Å²) in [6.45, 7) is 5.70. The molecule has 7 heteroatoms. The number of carbonyl (C=O) groups excluding carboxylic acids is 1. The largest absolute Gasteiger partial charge is 0.451 e.